The van der Waals surface area contributed by atoms with Crippen molar-refractivity contribution in [2.45, 2.75) is 33.2 Å². The second kappa shape index (κ2) is 8.45. The number of thiophene rings is 1. The third-order valence-electron chi connectivity index (χ3n) is 5.46. The highest BCUT2D eigenvalue weighted by atomic mass is 32.1. The highest BCUT2D eigenvalue weighted by Gasteiger charge is 2.18. The van der Waals surface area contributed by atoms with Gasteiger partial charge in [-0.2, -0.15) is 5.10 Å². The lowest BCUT2D eigenvalue weighted by Crippen LogP contribution is -2.40. The first-order chi connectivity index (χ1) is 13.6. The normalized spacial score (nSPS) is 17.9. The lowest BCUT2D eigenvalue weighted by Gasteiger charge is -2.30. The van der Waals surface area contributed by atoms with Gasteiger partial charge in [0.25, 0.3) is 5.91 Å². The predicted octanol–water partition coefficient (Wildman–Crippen LogP) is 3.92. The van der Waals surface area contributed by atoms with Crippen molar-refractivity contribution in [3.63, 3.8) is 0 Å². The standard InChI is InChI=1S/C22H28N4OS/c1-16-7-6-11-25(14-16)12-10-23-21(27)20-13-19-17(2)24-26(22(19)28-20)15-18-8-4-3-5-9-18/h3-5,8-9,13,16H,6-7,10-12,14-15H2,1-2H3,(H,23,27). The van der Waals surface area contributed by atoms with Gasteiger partial charge < -0.3 is 10.2 Å². The third kappa shape index (κ3) is 4.28. The van der Waals surface area contributed by atoms with Crippen molar-refractivity contribution in [1.29, 1.82) is 0 Å². The Kier molecular flexibility index (Phi) is 5.78. The average Bonchev–Trinajstić information content (AvgIpc) is 3.24. The molecule has 148 valence electrons. The summed E-state index contributed by atoms with van der Waals surface area (Å²) in [7, 11) is 0. The number of hydrogen-bond acceptors (Lipinski definition) is 4. The van der Waals surface area contributed by atoms with Crippen LogP contribution in [0.4, 0.5) is 0 Å². The van der Waals surface area contributed by atoms with E-state index >= 15 is 0 Å². The van der Waals surface area contributed by atoms with Crippen molar-refractivity contribution in [3.8, 4) is 0 Å². The van der Waals surface area contributed by atoms with Gasteiger partial charge >= 0.3 is 0 Å². The van der Waals surface area contributed by atoms with Crippen molar-refractivity contribution in [2.75, 3.05) is 26.2 Å². The number of hydrogen-bond donors (Lipinski definition) is 1. The van der Waals surface area contributed by atoms with Crippen LogP contribution in [0.25, 0.3) is 10.2 Å². The first kappa shape index (κ1) is 19.2. The Balaban J connectivity index is 1.41. The summed E-state index contributed by atoms with van der Waals surface area (Å²) in [6.45, 7) is 8.97. The molecule has 2 aromatic heterocycles. The third-order valence-corrected chi connectivity index (χ3v) is 6.61. The molecule has 1 aromatic carbocycles. The van der Waals surface area contributed by atoms with E-state index in [9.17, 15) is 4.79 Å². The van der Waals surface area contributed by atoms with Crippen molar-refractivity contribution < 1.29 is 4.79 Å². The van der Waals surface area contributed by atoms with Gasteiger partial charge in [-0.15, -0.1) is 11.3 Å². The van der Waals surface area contributed by atoms with E-state index in [4.69, 9.17) is 0 Å². The molecule has 1 unspecified atom stereocenters. The van der Waals surface area contributed by atoms with Crippen molar-refractivity contribution in [3.05, 3.63) is 52.5 Å². The van der Waals surface area contributed by atoms with E-state index < -0.39 is 0 Å². The minimum atomic E-state index is 0.0249. The van der Waals surface area contributed by atoms with Gasteiger partial charge in [-0.05, 0) is 43.9 Å². The fourth-order valence-corrected chi connectivity index (χ4v) is 5.07. The van der Waals surface area contributed by atoms with Crippen LogP contribution in [-0.2, 0) is 6.54 Å². The lowest BCUT2D eigenvalue weighted by atomic mass is 10.0. The summed E-state index contributed by atoms with van der Waals surface area (Å²) in [6.07, 6.45) is 2.59. The van der Waals surface area contributed by atoms with Crippen LogP contribution in [0.5, 0.6) is 0 Å². The number of nitrogens with zero attached hydrogens (tertiary/aromatic N) is 3. The minimum Gasteiger partial charge on any atom is -0.350 e. The zero-order valence-corrected chi connectivity index (χ0v) is 17.5. The summed E-state index contributed by atoms with van der Waals surface area (Å²) in [5.74, 6) is 0.791. The first-order valence-electron chi connectivity index (χ1n) is 10.1. The second-order valence-corrected chi connectivity index (χ2v) is 8.89. The zero-order chi connectivity index (χ0) is 19.5. The number of rotatable bonds is 6. The summed E-state index contributed by atoms with van der Waals surface area (Å²) < 4.78 is 2.01. The molecule has 0 bridgehead atoms. The molecular weight excluding hydrogens is 368 g/mol. The molecule has 6 heteroatoms. The van der Waals surface area contributed by atoms with E-state index in [0.29, 0.717) is 6.54 Å². The molecule has 4 rings (SSSR count). The van der Waals surface area contributed by atoms with E-state index in [1.807, 2.05) is 35.9 Å². The number of benzene rings is 1. The van der Waals surface area contributed by atoms with Gasteiger partial charge in [-0.3, -0.25) is 9.48 Å². The molecule has 0 saturated carbocycles. The number of aromatic nitrogens is 2. The molecule has 5 nitrogen and oxygen atoms in total. The number of nitrogens with one attached hydrogen (secondary N) is 1. The van der Waals surface area contributed by atoms with Crippen LogP contribution in [-0.4, -0.2) is 46.8 Å². The number of amides is 1. The molecule has 3 heterocycles. The number of aryl methyl sites for hydroxylation is 1. The summed E-state index contributed by atoms with van der Waals surface area (Å²) in [5, 5.41) is 8.84. The summed E-state index contributed by atoms with van der Waals surface area (Å²) in [6, 6.07) is 12.3. The molecule has 1 amide bonds. The van der Waals surface area contributed by atoms with E-state index in [0.717, 1.165) is 52.9 Å². The van der Waals surface area contributed by atoms with Gasteiger partial charge in [0.1, 0.15) is 4.83 Å². The number of piperidine rings is 1. The van der Waals surface area contributed by atoms with E-state index in [1.54, 1.807) is 0 Å². The molecule has 1 N–H and O–H groups in total. The van der Waals surface area contributed by atoms with Crippen LogP contribution in [0.3, 0.4) is 0 Å². The molecule has 1 saturated heterocycles. The quantitative estimate of drug-likeness (QED) is 0.687. The Hall–Kier alpha value is -2.18. The topological polar surface area (TPSA) is 50.2 Å². The fourth-order valence-electron chi connectivity index (χ4n) is 3.99. The Morgan fingerprint density at radius 1 is 1.32 bits per heavy atom. The monoisotopic (exact) mass is 396 g/mol. The number of carbonyl (C=O) groups excluding carboxylic acids is 1. The van der Waals surface area contributed by atoms with E-state index in [1.165, 1.54) is 29.7 Å². The number of likely N-dealkylation sites (tertiary alicyclic amines) is 1. The molecule has 1 fully saturated rings. The van der Waals surface area contributed by atoms with Gasteiger partial charge in [0.05, 0.1) is 17.1 Å². The Labute approximate surface area is 170 Å². The molecule has 1 aliphatic rings. The highest BCUT2D eigenvalue weighted by Crippen LogP contribution is 2.28. The maximum atomic E-state index is 12.7. The summed E-state index contributed by atoms with van der Waals surface area (Å²) >= 11 is 1.53. The van der Waals surface area contributed by atoms with Crippen LogP contribution in [0, 0.1) is 12.8 Å². The van der Waals surface area contributed by atoms with Crippen LogP contribution >= 0.6 is 11.3 Å². The Morgan fingerprint density at radius 2 is 2.14 bits per heavy atom. The predicted molar refractivity (Wildman–Crippen MR) is 115 cm³/mol. The maximum Gasteiger partial charge on any atom is 0.261 e. The molecule has 3 aromatic rings. The van der Waals surface area contributed by atoms with Crippen molar-refractivity contribution in [1.82, 2.24) is 20.0 Å². The van der Waals surface area contributed by atoms with Crippen LogP contribution in [0.1, 0.15) is 40.7 Å². The van der Waals surface area contributed by atoms with Gasteiger partial charge in [-0.1, -0.05) is 37.3 Å². The average molecular weight is 397 g/mol. The smallest absolute Gasteiger partial charge is 0.261 e. The van der Waals surface area contributed by atoms with Gasteiger partial charge in [0.2, 0.25) is 0 Å². The second-order valence-electron chi connectivity index (χ2n) is 7.86. The zero-order valence-electron chi connectivity index (χ0n) is 16.6. The van der Waals surface area contributed by atoms with Crippen LogP contribution < -0.4 is 5.32 Å². The molecule has 1 aliphatic heterocycles. The molecule has 1 atom stereocenters. The molecule has 0 spiro atoms. The molecule has 0 radical (unpaired) electrons. The Bertz CT molecular complexity index is 946. The summed E-state index contributed by atoms with van der Waals surface area (Å²) in [4.78, 5) is 16.9. The molecular formula is C22H28N4OS. The SMILES string of the molecule is Cc1nn(Cc2ccccc2)c2sc(C(=O)NCCN3CCCC(C)C3)cc12. The molecule has 0 aliphatic carbocycles. The summed E-state index contributed by atoms with van der Waals surface area (Å²) in [5.41, 5.74) is 2.19. The van der Waals surface area contributed by atoms with E-state index in [-0.39, 0.29) is 5.91 Å². The van der Waals surface area contributed by atoms with Crippen molar-refractivity contribution >= 4 is 27.5 Å². The van der Waals surface area contributed by atoms with Crippen molar-refractivity contribution in [2.24, 2.45) is 5.92 Å². The fraction of sp³-hybridized carbons (Fsp3) is 0.455. The molecule has 28 heavy (non-hydrogen) atoms. The number of fused-ring (bicyclic) bond motifs is 1. The van der Waals surface area contributed by atoms with Gasteiger partial charge in [0.15, 0.2) is 0 Å². The van der Waals surface area contributed by atoms with E-state index in [2.05, 4.69) is 34.4 Å². The Morgan fingerprint density at radius 3 is 2.93 bits per heavy atom. The number of carbonyl (C=O) groups is 1. The highest BCUT2D eigenvalue weighted by molar-refractivity contribution is 7.20. The minimum absolute atomic E-state index is 0.0249. The maximum absolute atomic E-state index is 12.7. The van der Waals surface area contributed by atoms with Gasteiger partial charge in [0, 0.05) is 25.0 Å². The van der Waals surface area contributed by atoms with Gasteiger partial charge in [-0.25, -0.2) is 0 Å². The first-order valence-corrected chi connectivity index (χ1v) is 10.9. The van der Waals surface area contributed by atoms with Crippen LogP contribution in [0.15, 0.2) is 36.4 Å². The van der Waals surface area contributed by atoms with Crippen LogP contribution in [0.2, 0.25) is 0 Å². The lowest BCUT2D eigenvalue weighted by molar-refractivity contribution is 0.0948. The largest absolute Gasteiger partial charge is 0.350 e.